The number of carbonyl (C=O) groups is 3. The number of benzene rings is 3. The highest BCUT2D eigenvalue weighted by Gasteiger charge is 2.64. The molecule has 3 aromatic carbocycles. The molecule has 0 aliphatic carbocycles. The Kier molecular flexibility index (Phi) is 5.67. The highest BCUT2D eigenvalue weighted by molar-refractivity contribution is 6.25. The Labute approximate surface area is 220 Å². The molecule has 6 rings (SSSR count). The number of carbonyl (C=O) groups excluding carboxylic acids is 3. The molecule has 0 bridgehead atoms. The molecule has 3 aliphatic heterocycles. The summed E-state index contributed by atoms with van der Waals surface area (Å²) >= 11 is 0. The van der Waals surface area contributed by atoms with E-state index in [2.05, 4.69) is 0 Å². The summed E-state index contributed by atoms with van der Waals surface area (Å²) in [5.74, 6) is -0.989. The van der Waals surface area contributed by atoms with Crippen LogP contribution in [0.3, 0.4) is 0 Å². The topological polar surface area (TPSA) is 85.4 Å². The largest absolute Gasteiger partial charge is 0.497 e. The smallest absolute Gasteiger partial charge is 0.240 e. The first-order valence-corrected chi connectivity index (χ1v) is 12.3. The van der Waals surface area contributed by atoms with Crippen molar-refractivity contribution in [3.63, 3.8) is 0 Å². The first kappa shape index (κ1) is 23.8. The molecular weight excluding hydrogens is 484 g/mol. The average molecular weight is 511 g/mol. The van der Waals surface area contributed by atoms with Gasteiger partial charge in [-0.05, 0) is 54.1 Å². The number of ether oxygens (including phenoxy) is 3. The molecule has 3 heterocycles. The van der Waals surface area contributed by atoms with Gasteiger partial charge < -0.3 is 19.1 Å². The third-order valence-electron chi connectivity index (χ3n) is 7.68. The van der Waals surface area contributed by atoms with E-state index in [1.807, 2.05) is 41.3 Å². The molecule has 2 fully saturated rings. The third-order valence-corrected chi connectivity index (χ3v) is 7.68. The number of methoxy groups -OCH3 is 3. The number of ketones is 1. The third kappa shape index (κ3) is 3.40. The van der Waals surface area contributed by atoms with E-state index >= 15 is 0 Å². The second kappa shape index (κ2) is 9.06. The van der Waals surface area contributed by atoms with Gasteiger partial charge in [-0.3, -0.25) is 14.4 Å². The number of amides is 2. The highest BCUT2D eigenvalue weighted by atomic mass is 16.5. The Bertz CT molecular complexity index is 1480. The number of nitrogens with zero attached hydrogens (tertiary/aromatic N) is 2. The van der Waals surface area contributed by atoms with Crippen molar-refractivity contribution in [2.24, 2.45) is 11.8 Å². The summed E-state index contributed by atoms with van der Waals surface area (Å²) < 4.78 is 16.0. The van der Waals surface area contributed by atoms with Crippen molar-refractivity contribution in [3.05, 3.63) is 83.9 Å². The fraction of sp³-hybridized carbons (Fsp3) is 0.233. The van der Waals surface area contributed by atoms with Crippen LogP contribution in [0.1, 0.15) is 15.9 Å². The normalized spacial score (nSPS) is 23.1. The molecule has 0 radical (unpaired) electrons. The molecule has 38 heavy (non-hydrogen) atoms. The number of anilines is 2. The Hall–Kier alpha value is -4.59. The summed E-state index contributed by atoms with van der Waals surface area (Å²) in [6.45, 7) is 0. The number of imide groups is 1. The van der Waals surface area contributed by atoms with Gasteiger partial charge in [0.15, 0.2) is 17.3 Å². The molecule has 8 heteroatoms. The number of hydrogen-bond acceptors (Lipinski definition) is 7. The van der Waals surface area contributed by atoms with Crippen LogP contribution in [0, 0.1) is 11.8 Å². The maximum absolute atomic E-state index is 14.2. The zero-order chi connectivity index (χ0) is 26.6. The minimum absolute atomic E-state index is 0.258. The van der Waals surface area contributed by atoms with Gasteiger partial charge in [0.2, 0.25) is 11.8 Å². The minimum Gasteiger partial charge on any atom is -0.497 e. The summed E-state index contributed by atoms with van der Waals surface area (Å²) in [5, 5.41) is 0. The van der Waals surface area contributed by atoms with Gasteiger partial charge in [0.1, 0.15) is 11.8 Å². The van der Waals surface area contributed by atoms with Crippen molar-refractivity contribution in [1.29, 1.82) is 0 Å². The lowest BCUT2D eigenvalue weighted by Crippen LogP contribution is -2.48. The van der Waals surface area contributed by atoms with Gasteiger partial charge in [0, 0.05) is 11.3 Å². The second-order valence-corrected chi connectivity index (χ2v) is 9.46. The number of para-hydroxylation sites is 1. The van der Waals surface area contributed by atoms with E-state index in [1.165, 1.54) is 19.1 Å². The van der Waals surface area contributed by atoms with E-state index in [9.17, 15) is 14.4 Å². The predicted molar refractivity (Wildman–Crippen MR) is 142 cm³/mol. The van der Waals surface area contributed by atoms with Gasteiger partial charge in [0.25, 0.3) is 0 Å². The van der Waals surface area contributed by atoms with E-state index < -0.39 is 23.9 Å². The molecule has 0 aromatic heterocycles. The van der Waals surface area contributed by atoms with Crippen LogP contribution >= 0.6 is 0 Å². The first-order valence-electron chi connectivity index (χ1n) is 12.3. The fourth-order valence-electron chi connectivity index (χ4n) is 5.96. The Morgan fingerprint density at radius 2 is 1.50 bits per heavy atom. The lowest BCUT2D eigenvalue weighted by Gasteiger charge is -2.36. The minimum atomic E-state index is -0.881. The van der Waals surface area contributed by atoms with Crippen LogP contribution < -0.4 is 24.0 Å². The first-order chi connectivity index (χ1) is 18.5. The van der Waals surface area contributed by atoms with Crippen LogP contribution in [0.4, 0.5) is 11.4 Å². The summed E-state index contributed by atoms with van der Waals surface area (Å²) in [7, 11) is 4.59. The Morgan fingerprint density at radius 3 is 2.21 bits per heavy atom. The monoisotopic (exact) mass is 510 g/mol. The predicted octanol–water partition coefficient (Wildman–Crippen LogP) is 3.99. The van der Waals surface area contributed by atoms with Gasteiger partial charge in [-0.15, -0.1) is 0 Å². The van der Waals surface area contributed by atoms with Gasteiger partial charge in [-0.2, -0.15) is 0 Å². The summed E-state index contributed by atoms with van der Waals surface area (Å²) in [5.41, 5.74) is 2.59. The summed E-state index contributed by atoms with van der Waals surface area (Å²) in [4.78, 5) is 45.3. The van der Waals surface area contributed by atoms with Crippen LogP contribution in [0.15, 0.2) is 72.8 Å². The number of hydrogen-bond donors (Lipinski definition) is 0. The fourth-order valence-corrected chi connectivity index (χ4v) is 5.96. The van der Waals surface area contributed by atoms with Crippen molar-refractivity contribution < 1.29 is 28.6 Å². The van der Waals surface area contributed by atoms with E-state index in [4.69, 9.17) is 14.2 Å². The van der Waals surface area contributed by atoms with E-state index in [0.29, 0.717) is 28.5 Å². The molecule has 8 nitrogen and oxygen atoms in total. The molecule has 0 spiro atoms. The van der Waals surface area contributed by atoms with Crippen molar-refractivity contribution >= 4 is 35.0 Å². The zero-order valence-corrected chi connectivity index (χ0v) is 21.2. The van der Waals surface area contributed by atoms with Crippen LogP contribution in [-0.2, 0) is 9.59 Å². The molecule has 0 unspecified atom stereocenters. The van der Waals surface area contributed by atoms with Gasteiger partial charge in [0.05, 0.1) is 44.9 Å². The average Bonchev–Trinajstić information content (AvgIpc) is 3.44. The molecule has 192 valence electrons. The maximum Gasteiger partial charge on any atom is 0.240 e. The molecule has 0 saturated carbocycles. The standard InChI is InChI=1S/C30H26N2O6/c1-36-20-12-10-19(11-13-20)31-29(34)25-22-14-8-17-6-4-5-7-21(17)32(22)27(26(25)30(31)35)28(33)18-9-15-23(37-2)24(16-18)38-3/h4-16,22,25-27H,1-3H3/t22-,25-,26-,27+/m0/s1. The van der Waals surface area contributed by atoms with Gasteiger partial charge in [-0.25, -0.2) is 4.90 Å². The molecule has 2 saturated heterocycles. The molecular formula is C30H26N2O6. The lowest BCUT2D eigenvalue weighted by atomic mass is 9.86. The SMILES string of the molecule is COc1ccc(N2C(=O)[C@@H]3[C@H](C2=O)[C@H](C(=O)c2ccc(OC)c(OC)c2)N2c4ccccc4C=C[C@@H]32)cc1. The molecule has 4 atom stereocenters. The Balaban J connectivity index is 1.47. The van der Waals surface area contributed by atoms with Crippen molar-refractivity contribution in [3.8, 4) is 17.2 Å². The van der Waals surface area contributed by atoms with Crippen LogP contribution in [0.25, 0.3) is 6.08 Å². The molecule has 2 amide bonds. The van der Waals surface area contributed by atoms with Crippen molar-refractivity contribution in [2.75, 3.05) is 31.1 Å². The van der Waals surface area contributed by atoms with Gasteiger partial charge >= 0.3 is 0 Å². The highest BCUT2D eigenvalue weighted by Crippen LogP contribution is 2.50. The van der Waals surface area contributed by atoms with Gasteiger partial charge in [-0.1, -0.05) is 30.4 Å². The van der Waals surface area contributed by atoms with Crippen LogP contribution in [-0.4, -0.2) is 51.0 Å². The van der Waals surface area contributed by atoms with Crippen LogP contribution in [0.5, 0.6) is 17.2 Å². The van der Waals surface area contributed by atoms with Crippen molar-refractivity contribution in [2.45, 2.75) is 12.1 Å². The quantitative estimate of drug-likeness (QED) is 0.366. The number of rotatable bonds is 6. The molecule has 3 aliphatic rings. The zero-order valence-electron chi connectivity index (χ0n) is 21.2. The van der Waals surface area contributed by atoms with Crippen LogP contribution in [0.2, 0.25) is 0 Å². The summed E-state index contributed by atoms with van der Waals surface area (Å²) in [6.07, 6.45) is 3.90. The summed E-state index contributed by atoms with van der Waals surface area (Å²) in [6, 6.07) is 18.1. The van der Waals surface area contributed by atoms with E-state index in [0.717, 1.165) is 11.3 Å². The lowest BCUT2D eigenvalue weighted by molar-refractivity contribution is -0.122. The Morgan fingerprint density at radius 1 is 0.789 bits per heavy atom. The molecule has 0 N–H and O–H groups in total. The van der Waals surface area contributed by atoms with E-state index in [-0.39, 0.29) is 17.6 Å². The van der Waals surface area contributed by atoms with E-state index in [1.54, 1.807) is 49.6 Å². The molecule has 3 aromatic rings. The van der Waals surface area contributed by atoms with Crippen molar-refractivity contribution in [1.82, 2.24) is 0 Å². The number of Topliss-reactive ketones (excluding diaryl/α,β-unsaturated/α-hetero) is 1. The second-order valence-electron chi connectivity index (χ2n) is 9.46. The number of fused-ring (bicyclic) bond motifs is 5. The maximum atomic E-state index is 14.2.